The van der Waals surface area contributed by atoms with Crippen molar-refractivity contribution in [3.8, 4) is 5.75 Å². The van der Waals surface area contributed by atoms with Crippen LogP contribution in [0.1, 0.15) is 42.9 Å². The maximum atomic E-state index is 13.4. The average molecular weight is 430 g/mol. The Bertz CT molecular complexity index is 1210. The third-order valence-corrected chi connectivity index (χ3v) is 5.92. The van der Waals surface area contributed by atoms with E-state index in [1.807, 2.05) is 48.5 Å². The van der Waals surface area contributed by atoms with E-state index in [0.29, 0.717) is 30.1 Å². The molecule has 2 aromatic carbocycles. The standard InChI is InChI=1S/C23H22N6O3/c1-13(30)24-17-7-3-15(4-8-17)22-21-19(25-23-26-27-28-29(22)23)11-16(12-20(21)31)14-5-9-18(32-2)10-6-14/h3-10,16,22H,11-12H2,1-2H3,(H,24,30)(H,25,26,28)/t16-,22+/m0/s1. The number of amides is 1. The number of ketones is 1. The summed E-state index contributed by atoms with van der Waals surface area (Å²) < 4.78 is 6.89. The fourth-order valence-corrected chi connectivity index (χ4v) is 4.45. The van der Waals surface area contributed by atoms with Crippen LogP contribution in [0.3, 0.4) is 0 Å². The fourth-order valence-electron chi connectivity index (χ4n) is 4.45. The van der Waals surface area contributed by atoms with Gasteiger partial charge in [-0.3, -0.25) is 9.59 Å². The smallest absolute Gasteiger partial charge is 0.248 e. The van der Waals surface area contributed by atoms with Gasteiger partial charge in [0.1, 0.15) is 11.8 Å². The van der Waals surface area contributed by atoms with E-state index in [1.54, 1.807) is 11.8 Å². The molecule has 5 rings (SSSR count). The number of methoxy groups -OCH3 is 1. The first-order valence-electron chi connectivity index (χ1n) is 10.4. The van der Waals surface area contributed by atoms with Crippen molar-refractivity contribution in [3.63, 3.8) is 0 Å². The average Bonchev–Trinajstić information content (AvgIpc) is 3.26. The molecular weight excluding hydrogens is 408 g/mol. The van der Waals surface area contributed by atoms with Crippen LogP contribution < -0.4 is 15.4 Å². The summed E-state index contributed by atoms with van der Waals surface area (Å²) in [6, 6.07) is 14.8. The van der Waals surface area contributed by atoms with Gasteiger partial charge in [-0.2, -0.15) is 4.68 Å². The third kappa shape index (κ3) is 3.51. The molecule has 9 nitrogen and oxygen atoms in total. The Kier molecular flexibility index (Phi) is 4.93. The van der Waals surface area contributed by atoms with Gasteiger partial charge in [0.05, 0.1) is 7.11 Å². The van der Waals surface area contributed by atoms with Crippen molar-refractivity contribution >= 4 is 23.3 Å². The number of benzene rings is 2. The normalized spacial score (nSPS) is 19.6. The van der Waals surface area contributed by atoms with E-state index in [-0.39, 0.29) is 17.6 Å². The lowest BCUT2D eigenvalue weighted by molar-refractivity contribution is -0.117. The van der Waals surface area contributed by atoms with Crippen LogP contribution >= 0.6 is 0 Å². The van der Waals surface area contributed by atoms with E-state index in [2.05, 4.69) is 26.2 Å². The van der Waals surface area contributed by atoms with Crippen LogP contribution in [-0.2, 0) is 9.59 Å². The zero-order valence-electron chi connectivity index (χ0n) is 17.7. The quantitative estimate of drug-likeness (QED) is 0.654. The van der Waals surface area contributed by atoms with Crippen molar-refractivity contribution < 1.29 is 14.3 Å². The van der Waals surface area contributed by atoms with Crippen LogP contribution in [0.2, 0.25) is 0 Å². The van der Waals surface area contributed by atoms with Crippen LogP contribution in [-0.4, -0.2) is 39.0 Å². The third-order valence-electron chi connectivity index (χ3n) is 5.92. The second-order valence-corrected chi connectivity index (χ2v) is 7.97. The minimum absolute atomic E-state index is 0.0601. The largest absolute Gasteiger partial charge is 0.497 e. The fraction of sp³-hybridized carbons (Fsp3) is 0.261. The van der Waals surface area contributed by atoms with Crippen molar-refractivity contribution in [1.29, 1.82) is 0 Å². The van der Waals surface area contributed by atoms with Gasteiger partial charge in [0.25, 0.3) is 0 Å². The zero-order valence-corrected chi connectivity index (χ0v) is 17.7. The molecule has 1 aromatic heterocycles. The molecule has 0 fully saturated rings. The topological polar surface area (TPSA) is 111 Å². The number of ether oxygens (including phenoxy) is 1. The number of nitrogens with one attached hydrogen (secondary N) is 2. The van der Waals surface area contributed by atoms with Crippen molar-refractivity contribution in [3.05, 3.63) is 70.9 Å². The van der Waals surface area contributed by atoms with Crippen LogP contribution in [0.15, 0.2) is 59.8 Å². The molecule has 0 saturated heterocycles. The number of allylic oxidation sites excluding steroid dienone is 2. The molecule has 0 saturated carbocycles. The van der Waals surface area contributed by atoms with Gasteiger partial charge in [0.15, 0.2) is 5.78 Å². The molecular formula is C23H22N6O3. The Morgan fingerprint density at radius 2 is 1.81 bits per heavy atom. The van der Waals surface area contributed by atoms with E-state index in [4.69, 9.17) is 4.74 Å². The van der Waals surface area contributed by atoms with Gasteiger partial charge in [0, 0.05) is 30.3 Å². The van der Waals surface area contributed by atoms with Gasteiger partial charge in [-0.25, -0.2) is 0 Å². The maximum Gasteiger partial charge on any atom is 0.248 e. The number of Topliss-reactive ketones (excluding diaryl/α,β-unsaturated/α-hetero) is 1. The number of tetrazole rings is 1. The highest BCUT2D eigenvalue weighted by molar-refractivity contribution is 6.00. The molecule has 1 aliphatic heterocycles. The number of carbonyl (C=O) groups excluding carboxylic acids is 2. The van der Waals surface area contributed by atoms with Gasteiger partial charge in [0.2, 0.25) is 11.9 Å². The Hall–Kier alpha value is -4.01. The summed E-state index contributed by atoms with van der Waals surface area (Å²) in [6.07, 6.45) is 1.09. The number of anilines is 2. The first kappa shape index (κ1) is 19.9. The SMILES string of the molecule is COc1ccc([C@@H]2CC(=O)C3=C(C2)Nc2nnnn2[C@@H]3c2ccc(NC(C)=O)cc2)cc1. The highest BCUT2D eigenvalue weighted by Gasteiger charge is 2.39. The second kappa shape index (κ2) is 7.92. The molecule has 0 radical (unpaired) electrons. The number of hydrogen-bond donors (Lipinski definition) is 2. The number of carbonyl (C=O) groups is 2. The minimum atomic E-state index is -0.424. The van der Waals surface area contributed by atoms with E-state index >= 15 is 0 Å². The summed E-state index contributed by atoms with van der Waals surface area (Å²) in [5.41, 5.74) is 4.18. The van der Waals surface area contributed by atoms with Crippen molar-refractivity contribution in [1.82, 2.24) is 20.2 Å². The molecule has 2 N–H and O–H groups in total. The highest BCUT2D eigenvalue weighted by Crippen LogP contribution is 2.43. The minimum Gasteiger partial charge on any atom is -0.497 e. The predicted molar refractivity (Wildman–Crippen MR) is 117 cm³/mol. The summed E-state index contributed by atoms with van der Waals surface area (Å²) in [5.74, 6) is 1.28. The summed E-state index contributed by atoms with van der Waals surface area (Å²) in [4.78, 5) is 24.7. The molecule has 0 unspecified atom stereocenters. The van der Waals surface area contributed by atoms with Crippen molar-refractivity contribution in [2.75, 3.05) is 17.7 Å². The molecule has 3 aromatic rings. The molecule has 162 valence electrons. The Morgan fingerprint density at radius 1 is 1.09 bits per heavy atom. The number of rotatable bonds is 4. The molecule has 1 amide bonds. The van der Waals surface area contributed by atoms with E-state index < -0.39 is 6.04 Å². The van der Waals surface area contributed by atoms with Gasteiger partial charge < -0.3 is 15.4 Å². The molecule has 2 heterocycles. The molecule has 2 atom stereocenters. The van der Waals surface area contributed by atoms with E-state index in [9.17, 15) is 9.59 Å². The number of fused-ring (bicyclic) bond motifs is 1. The lowest BCUT2D eigenvalue weighted by atomic mass is 9.78. The van der Waals surface area contributed by atoms with Crippen LogP contribution in [0.5, 0.6) is 5.75 Å². The number of hydrogen-bond acceptors (Lipinski definition) is 7. The van der Waals surface area contributed by atoms with Crippen LogP contribution in [0, 0.1) is 0 Å². The molecule has 0 bridgehead atoms. The van der Waals surface area contributed by atoms with Gasteiger partial charge >= 0.3 is 0 Å². The van der Waals surface area contributed by atoms with E-state index in [1.165, 1.54) is 6.92 Å². The second-order valence-electron chi connectivity index (χ2n) is 7.97. The summed E-state index contributed by atoms with van der Waals surface area (Å²) in [7, 11) is 1.63. The molecule has 32 heavy (non-hydrogen) atoms. The molecule has 9 heteroatoms. The predicted octanol–water partition coefficient (Wildman–Crippen LogP) is 3.06. The Labute approximate surface area is 184 Å². The Morgan fingerprint density at radius 3 is 2.50 bits per heavy atom. The van der Waals surface area contributed by atoms with Crippen LogP contribution in [0.4, 0.5) is 11.6 Å². The van der Waals surface area contributed by atoms with Crippen LogP contribution in [0.25, 0.3) is 0 Å². The van der Waals surface area contributed by atoms with Crippen molar-refractivity contribution in [2.24, 2.45) is 0 Å². The monoisotopic (exact) mass is 430 g/mol. The zero-order chi connectivity index (χ0) is 22.2. The molecule has 2 aliphatic rings. The molecule has 1 aliphatic carbocycles. The first-order valence-corrected chi connectivity index (χ1v) is 10.4. The summed E-state index contributed by atoms with van der Waals surface area (Å²) >= 11 is 0. The lowest BCUT2D eigenvalue weighted by Crippen LogP contribution is -2.33. The summed E-state index contributed by atoms with van der Waals surface area (Å²) in [5, 5.41) is 18.1. The number of nitrogens with zero attached hydrogens (tertiary/aromatic N) is 4. The van der Waals surface area contributed by atoms with Gasteiger partial charge in [-0.05, 0) is 58.2 Å². The Balaban J connectivity index is 1.51. The van der Waals surface area contributed by atoms with Gasteiger partial charge in [-0.1, -0.05) is 29.4 Å². The molecule has 0 spiro atoms. The summed E-state index contributed by atoms with van der Waals surface area (Å²) in [6.45, 7) is 1.46. The van der Waals surface area contributed by atoms with Crippen molar-refractivity contribution in [2.45, 2.75) is 31.7 Å². The lowest BCUT2D eigenvalue weighted by Gasteiger charge is -2.34. The van der Waals surface area contributed by atoms with Gasteiger partial charge in [-0.15, -0.1) is 0 Å². The maximum absolute atomic E-state index is 13.4. The highest BCUT2D eigenvalue weighted by atomic mass is 16.5. The first-order chi connectivity index (χ1) is 15.5. The number of aromatic nitrogens is 4. The van der Waals surface area contributed by atoms with E-state index in [0.717, 1.165) is 22.6 Å².